The molecule has 1 atom stereocenters. The summed E-state index contributed by atoms with van der Waals surface area (Å²) in [7, 11) is -0.582. The molecule has 5 heteroatoms. The second kappa shape index (κ2) is 9.12. The first-order chi connectivity index (χ1) is 13.2. The molecular weight excluding hydrogens is 357 g/mol. The third-order valence-corrected chi connectivity index (χ3v) is 6.63. The normalized spacial score (nSPS) is 12.9. The van der Waals surface area contributed by atoms with Crippen molar-refractivity contribution in [3.63, 3.8) is 0 Å². The summed E-state index contributed by atoms with van der Waals surface area (Å²) in [6.07, 6.45) is 0. The molecule has 0 heterocycles. The third-order valence-electron chi connectivity index (χ3n) is 4.53. The van der Waals surface area contributed by atoms with Crippen LogP contribution in [0.15, 0.2) is 91.0 Å². The van der Waals surface area contributed by atoms with Crippen molar-refractivity contribution in [2.75, 3.05) is 14.2 Å². The van der Waals surface area contributed by atoms with E-state index >= 15 is 0 Å². The van der Waals surface area contributed by atoms with Crippen LogP contribution in [-0.2, 0) is 13.6 Å². The van der Waals surface area contributed by atoms with Gasteiger partial charge in [0.1, 0.15) is 5.78 Å². The first-order valence-electron chi connectivity index (χ1n) is 8.80. The summed E-state index contributed by atoms with van der Waals surface area (Å²) in [6, 6.07) is 29.6. The highest BCUT2D eigenvalue weighted by molar-refractivity contribution is 7.54. The minimum absolute atomic E-state index is 0.170. The highest BCUT2D eigenvalue weighted by atomic mass is 31.2. The molecule has 0 radical (unpaired) electrons. The molecule has 27 heavy (non-hydrogen) atoms. The van der Waals surface area contributed by atoms with Crippen LogP contribution < -0.4 is 5.32 Å². The highest BCUT2D eigenvalue weighted by Crippen LogP contribution is 2.59. The predicted octanol–water partition coefficient (Wildman–Crippen LogP) is 5.55. The van der Waals surface area contributed by atoms with Crippen molar-refractivity contribution in [2.24, 2.45) is 0 Å². The average Bonchev–Trinajstić information content (AvgIpc) is 2.76. The van der Waals surface area contributed by atoms with E-state index < -0.39 is 13.4 Å². The van der Waals surface area contributed by atoms with Crippen molar-refractivity contribution < 1.29 is 13.6 Å². The van der Waals surface area contributed by atoms with E-state index in [-0.39, 0.29) is 6.04 Å². The average molecular weight is 381 g/mol. The summed E-state index contributed by atoms with van der Waals surface area (Å²) >= 11 is 0. The molecule has 0 aliphatic heterocycles. The van der Waals surface area contributed by atoms with E-state index in [0.29, 0.717) is 0 Å². The van der Waals surface area contributed by atoms with Crippen molar-refractivity contribution in [1.29, 1.82) is 0 Å². The maximum absolute atomic E-state index is 13.3. The van der Waals surface area contributed by atoms with E-state index in [1.807, 2.05) is 66.7 Å². The number of benzene rings is 3. The summed E-state index contributed by atoms with van der Waals surface area (Å²) in [5.74, 6) is -0.612. The van der Waals surface area contributed by atoms with Crippen molar-refractivity contribution in [2.45, 2.75) is 11.8 Å². The van der Waals surface area contributed by atoms with Crippen LogP contribution >= 0.6 is 7.60 Å². The lowest BCUT2D eigenvalue weighted by Gasteiger charge is -2.30. The van der Waals surface area contributed by atoms with Crippen LogP contribution in [0.3, 0.4) is 0 Å². The molecule has 3 aromatic rings. The second-order valence-electron chi connectivity index (χ2n) is 6.14. The van der Waals surface area contributed by atoms with Crippen LogP contribution in [-0.4, -0.2) is 14.2 Å². The molecule has 0 fully saturated rings. The van der Waals surface area contributed by atoms with Crippen LogP contribution in [0.2, 0.25) is 0 Å². The quantitative estimate of drug-likeness (QED) is 0.520. The minimum Gasteiger partial charge on any atom is -0.311 e. The second-order valence-corrected chi connectivity index (χ2v) is 8.47. The Balaban J connectivity index is 2.06. The van der Waals surface area contributed by atoms with Gasteiger partial charge >= 0.3 is 7.60 Å². The van der Waals surface area contributed by atoms with Crippen molar-refractivity contribution in [3.05, 3.63) is 108 Å². The molecule has 0 aromatic heterocycles. The first-order valence-corrected chi connectivity index (χ1v) is 10.4. The van der Waals surface area contributed by atoms with Crippen LogP contribution in [0, 0.1) is 0 Å². The Morgan fingerprint density at radius 3 is 1.41 bits per heavy atom. The van der Waals surface area contributed by atoms with Gasteiger partial charge in [-0.05, 0) is 16.7 Å². The zero-order valence-electron chi connectivity index (χ0n) is 15.5. The summed E-state index contributed by atoms with van der Waals surface area (Å²) in [5.41, 5.74) is 2.99. The first kappa shape index (κ1) is 19.5. The Morgan fingerprint density at radius 1 is 0.667 bits per heavy atom. The Bertz CT molecular complexity index is 824. The van der Waals surface area contributed by atoms with E-state index in [2.05, 4.69) is 29.6 Å². The van der Waals surface area contributed by atoms with Gasteiger partial charge in [-0.3, -0.25) is 9.88 Å². The molecular formula is C22H24NO3P. The van der Waals surface area contributed by atoms with Gasteiger partial charge in [0.15, 0.2) is 0 Å². The van der Waals surface area contributed by atoms with Gasteiger partial charge in [-0.1, -0.05) is 91.0 Å². The van der Waals surface area contributed by atoms with Crippen LogP contribution in [0.5, 0.6) is 0 Å². The van der Waals surface area contributed by atoms with Crippen molar-refractivity contribution in [3.8, 4) is 0 Å². The molecule has 0 saturated heterocycles. The Kier molecular flexibility index (Phi) is 6.59. The fourth-order valence-electron chi connectivity index (χ4n) is 3.12. The Hall–Kier alpha value is -2.23. The molecule has 0 spiro atoms. The maximum Gasteiger partial charge on any atom is 0.351 e. The Labute approximate surface area is 160 Å². The standard InChI is InChI=1S/C22H24NO3P/c1-25-27(24,26-2)22(20-16-10-5-11-17-20)23-21(18-12-6-3-7-13-18)19-14-8-4-9-15-19/h3-17,21-23H,1-2H3. The number of hydrogen-bond acceptors (Lipinski definition) is 4. The number of rotatable bonds is 8. The Morgan fingerprint density at radius 2 is 1.04 bits per heavy atom. The van der Waals surface area contributed by atoms with E-state index in [9.17, 15) is 4.57 Å². The largest absolute Gasteiger partial charge is 0.351 e. The number of hydrogen-bond donors (Lipinski definition) is 1. The molecule has 1 unspecified atom stereocenters. The zero-order chi connectivity index (χ0) is 19.1. The lowest BCUT2D eigenvalue weighted by molar-refractivity contribution is 0.257. The van der Waals surface area contributed by atoms with Crippen LogP contribution in [0.25, 0.3) is 0 Å². The summed E-state index contributed by atoms with van der Waals surface area (Å²) in [4.78, 5) is 0. The molecule has 140 valence electrons. The van der Waals surface area contributed by atoms with Crippen molar-refractivity contribution >= 4 is 7.60 Å². The van der Waals surface area contributed by atoms with Gasteiger partial charge in [0.05, 0.1) is 6.04 Å². The molecule has 0 aliphatic carbocycles. The van der Waals surface area contributed by atoms with Gasteiger partial charge in [-0.15, -0.1) is 0 Å². The molecule has 3 aromatic carbocycles. The topological polar surface area (TPSA) is 47.6 Å². The van der Waals surface area contributed by atoms with Gasteiger partial charge in [0, 0.05) is 14.2 Å². The van der Waals surface area contributed by atoms with E-state index in [4.69, 9.17) is 9.05 Å². The monoisotopic (exact) mass is 381 g/mol. The van der Waals surface area contributed by atoms with Gasteiger partial charge in [-0.2, -0.15) is 0 Å². The lowest BCUT2D eigenvalue weighted by Crippen LogP contribution is -2.28. The lowest BCUT2D eigenvalue weighted by atomic mass is 9.98. The molecule has 3 rings (SSSR count). The van der Waals surface area contributed by atoms with Crippen molar-refractivity contribution in [1.82, 2.24) is 5.32 Å². The molecule has 0 saturated carbocycles. The van der Waals surface area contributed by atoms with Gasteiger partial charge in [0.2, 0.25) is 0 Å². The molecule has 0 bridgehead atoms. The van der Waals surface area contributed by atoms with Crippen LogP contribution in [0.4, 0.5) is 0 Å². The molecule has 0 aliphatic rings. The fraction of sp³-hybridized carbons (Fsp3) is 0.182. The molecule has 4 nitrogen and oxygen atoms in total. The number of nitrogens with one attached hydrogen (secondary N) is 1. The maximum atomic E-state index is 13.3. The minimum atomic E-state index is -3.42. The van der Waals surface area contributed by atoms with Gasteiger partial charge < -0.3 is 9.05 Å². The fourth-order valence-corrected chi connectivity index (χ4v) is 4.56. The predicted molar refractivity (Wildman–Crippen MR) is 109 cm³/mol. The third kappa shape index (κ3) is 4.55. The van der Waals surface area contributed by atoms with Gasteiger partial charge in [-0.25, -0.2) is 0 Å². The summed E-state index contributed by atoms with van der Waals surface area (Å²) in [6.45, 7) is 0. The highest BCUT2D eigenvalue weighted by Gasteiger charge is 2.37. The van der Waals surface area contributed by atoms with Crippen LogP contribution in [0.1, 0.15) is 28.5 Å². The smallest absolute Gasteiger partial charge is 0.311 e. The van der Waals surface area contributed by atoms with E-state index in [0.717, 1.165) is 16.7 Å². The zero-order valence-corrected chi connectivity index (χ0v) is 16.4. The SMILES string of the molecule is COP(=O)(OC)C(NC(c1ccccc1)c1ccccc1)c1ccccc1. The van der Waals surface area contributed by atoms with E-state index in [1.165, 1.54) is 14.2 Å². The molecule has 0 amide bonds. The van der Waals surface area contributed by atoms with Gasteiger partial charge in [0.25, 0.3) is 0 Å². The molecule has 1 N–H and O–H groups in total. The summed E-state index contributed by atoms with van der Waals surface area (Å²) < 4.78 is 24.0. The van der Waals surface area contributed by atoms with E-state index in [1.54, 1.807) is 0 Å². The summed E-state index contributed by atoms with van der Waals surface area (Å²) in [5, 5.41) is 3.53.